The number of fused-ring (bicyclic) bond motifs is 1. The first-order valence-electron chi connectivity index (χ1n) is 6.60. The lowest BCUT2D eigenvalue weighted by atomic mass is 10.3. The van der Waals surface area contributed by atoms with Gasteiger partial charge in [-0.15, -0.1) is 11.3 Å². The van der Waals surface area contributed by atoms with Gasteiger partial charge in [-0.3, -0.25) is 4.79 Å². The van der Waals surface area contributed by atoms with Gasteiger partial charge in [-0.1, -0.05) is 30.0 Å². The highest BCUT2D eigenvalue weighted by Crippen LogP contribution is 2.26. The molecule has 0 saturated carbocycles. The molecule has 0 fully saturated rings. The fourth-order valence-electron chi connectivity index (χ4n) is 1.94. The molecule has 0 saturated heterocycles. The van der Waals surface area contributed by atoms with Gasteiger partial charge in [-0.25, -0.2) is 9.97 Å². The Kier molecular flexibility index (Phi) is 4.26. The summed E-state index contributed by atoms with van der Waals surface area (Å²) < 4.78 is 0. The second kappa shape index (κ2) is 6.33. The Morgan fingerprint density at radius 1 is 1.27 bits per heavy atom. The van der Waals surface area contributed by atoms with Crippen molar-refractivity contribution in [3.05, 3.63) is 41.8 Å². The lowest BCUT2D eigenvalue weighted by Crippen LogP contribution is -2.27. The highest BCUT2D eigenvalue weighted by atomic mass is 32.2. The van der Waals surface area contributed by atoms with E-state index in [4.69, 9.17) is 5.73 Å². The summed E-state index contributed by atoms with van der Waals surface area (Å²) in [6.07, 6.45) is 0. The number of aromatic nitrogens is 2. The van der Waals surface area contributed by atoms with E-state index >= 15 is 0 Å². The lowest BCUT2D eigenvalue weighted by molar-refractivity contribution is -0.115. The van der Waals surface area contributed by atoms with Gasteiger partial charge in [0.2, 0.25) is 5.91 Å². The van der Waals surface area contributed by atoms with Crippen LogP contribution in [0.5, 0.6) is 0 Å². The maximum Gasteiger partial charge on any atom is 0.237 e. The number of benzene rings is 1. The number of carbonyl (C=O) groups excluding carboxylic acids is 1. The van der Waals surface area contributed by atoms with Crippen molar-refractivity contribution in [3.8, 4) is 0 Å². The Hall–Kier alpha value is -2.12. The molecule has 22 heavy (non-hydrogen) atoms. The molecule has 2 N–H and O–H groups in total. The number of thioether (sulfide) groups is 1. The van der Waals surface area contributed by atoms with E-state index in [1.165, 1.54) is 23.1 Å². The predicted octanol–water partition coefficient (Wildman–Crippen LogP) is 3.03. The zero-order valence-corrected chi connectivity index (χ0v) is 13.5. The minimum Gasteiger partial charge on any atom is -0.383 e. The van der Waals surface area contributed by atoms with Gasteiger partial charge in [0.05, 0.1) is 11.1 Å². The van der Waals surface area contributed by atoms with Crippen LogP contribution in [0.15, 0.2) is 46.9 Å². The number of nitrogens with two attached hydrogens (primary N) is 1. The maximum atomic E-state index is 12.2. The Bertz CT molecular complexity index is 804. The first-order chi connectivity index (χ1) is 10.6. The van der Waals surface area contributed by atoms with Gasteiger partial charge >= 0.3 is 0 Å². The fraction of sp³-hybridized carbons (Fsp3) is 0.133. The van der Waals surface area contributed by atoms with Crippen LogP contribution in [0.2, 0.25) is 0 Å². The van der Waals surface area contributed by atoms with Crippen LogP contribution in [0.25, 0.3) is 10.2 Å². The Balaban J connectivity index is 1.69. The Morgan fingerprint density at radius 2 is 2.05 bits per heavy atom. The minimum absolute atomic E-state index is 0.00959. The first-order valence-corrected chi connectivity index (χ1v) is 8.47. The molecule has 0 radical (unpaired) electrons. The van der Waals surface area contributed by atoms with Gasteiger partial charge in [0, 0.05) is 12.7 Å². The van der Waals surface area contributed by atoms with Gasteiger partial charge in [0.1, 0.15) is 10.6 Å². The number of nitrogens with zero attached hydrogens (tertiary/aromatic N) is 3. The summed E-state index contributed by atoms with van der Waals surface area (Å²) in [5.41, 5.74) is 6.77. The van der Waals surface area contributed by atoms with Gasteiger partial charge in [0.15, 0.2) is 5.16 Å². The van der Waals surface area contributed by atoms with Crippen LogP contribution < -0.4 is 10.6 Å². The third-order valence-corrected chi connectivity index (χ3v) is 4.82. The minimum atomic E-state index is -0.00959. The van der Waals surface area contributed by atoms with Gasteiger partial charge < -0.3 is 10.6 Å². The molecule has 0 aliphatic heterocycles. The molecular formula is C15H14N4OS2. The number of thiophene rings is 1. The Labute approximate surface area is 136 Å². The van der Waals surface area contributed by atoms with Crippen LogP contribution in [0.3, 0.4) is 0 Å². The van der Waals surface area contributed by atoms with Crippen LogP contribution in [0.4, 0.5) is 11.5 Å². The second-order valence-electron chi connectivity index (χ2n) is 4.61. The SMILES string of the molecule is CN(C(=O)CSc1nc(N)c2ccsc2n1)c1ccccc1. The molecule has 2 heterocycles. The summed E-state index contributed by atoms with van der Waals surface area (Å²) in [5, 5.41) is 3.32. The molecule has 1 amide bonds. The number of carbonyl (C=O) groups is 1. The van der Waals surface area contributed by atoms with E-state index in [1.807, 2.05) is 41.8 Å². The number of anilines is 2. The van der Waals surface area contributed by atoms with Crippen molar-refractivity contribution in [2.45, 2.75) is 5.16 Å². The largest absolute Gasteiger partial charge is 0.383 e. The maximum absolute atomic E-state index is 12.2. The van der Waals surface area contributed by atoms with E-state index in [0.717, 1.165) is 15.9 Å². The number of amides is 1. The number of hydrogen-bond acceptors (Lipinski definition) is 6. The standard InChI is InChI=1S/C15H14N4OS2/c1-19(10-5-3-2-4-6-10)12(20)9-22-15-17-13(16)11-7-8-21-14(11)18-15/h2-8H,9H2,1H3,(H2,16,17,18). The molecule has 0 atom stereocenters. The summed E-state index contributed by atoms with van der Waals surface area (Å²) >= 11 is 2.81. The molecule has 2 aromatic heterocycles. The number of para-hydroxylation sites is 1. The highest BCUT2D eigenvalue weighted by molar-refractivity contribution is 7.99. The number of rotatable bonds is 4. The van der Waals surface area contributed by atoms with Crippen LogP contribution in [0, 0.1) is 0 Å². The van der Waals surface area contributed by atoms with E-state index in [1.54, 1.807) is 11.9 Å². The monoisotopic (exact) mass is 330 g/mol. The van der Waals surface area contributed by atoms with E-state index in [0.29, 0.717) is 11.0 Å². The number of nitrogen functional groups attached to an aromatic ring is 1. The molecule has 0 spiro atoms. The van der Waals surface area contributed by atoms with Gasteiger partial charge in [-0.05, 0) is 23.6 Å². The summed E-state index contributed by atoms with van der Waals surface area (Å²) in [4.78, 5) is 23.4. The molecule has 3 aromatic rings. The van der Waals surface area contributed by atoms with Crippen molar-refractivity contribution >= 4 is 50.7 Å². The number of hydrogen-bond donors (Lipinski definition) is 1. The van der Waals surface area contributed by atoms with Crippen molar-refractivity contribution < 1.29 is 4.79 Å². The molecule has 5 nitrogen and oxygen atoms in total. The van der Waals surface area contributed by atoms with Crippen molar-refractivity contribution in [3.63, 3.8) is 0 Å². The van der Waals surface area contributed by atoms with E-state index in [9.17, 15) is 4.79 Å². The summed E-state index contributed by atoms with van der Waals surface area (Å²) in [7, 11) is 1.76. The molecule has 0 bridgehead atoms. The summed E-state index contributed by atoms with van der Waals surface area (Å²) in [6, 6.07) is 11.4. The average molecular weight is 330 g/mol. The van der Waals surface area contributed by atoms with Crippen molar-refractivity contribution in [2.24, 2.45) is 0 Å². The quantitative estimate of drug-likeness (QED) is 0.588. The molecule has 0 aliphatic carbocycles. The van der Waals surface area contributed by atoms with Gasteiger partial charge in [0.25, 0.3) is 0 Å². The van der Waals surface area contributed by atoms with Crippen LogP contribution in [0.1, 0.15) is 0 Å². The van der Waals surface area contributed by atoms with Gasteiger partial charge in [-0.2, -0.15) is 0 Å². The topological polar surface area (TPSA) is 72.1 Å². The third-order valence-electron chi connectivity index (χ3n) is 3.18. The van der Waals surface area contributed by atoms with E-state index in [-0.39, 0.29) is 11.7 Å². The third kappa shape index (κ3) is 3.05. The van der Waals surface area contributed by atoms with Crippen molar-refractivity contribution in [1.29, 1.82) is 0 Å². The van der Waals surface area contributed by atoms with Crippen LogP contribution in [-0.4, -0.2) is 28.7 Å². The zero-order chi connectivity index (χ0) is 15.5. The second-order valence-corrected chi connectivity index (χ2v) is 6.44. The smallest absolute Gasteiger partial charge is 0.237 e. The van der Waals surface area contributed by atoms with Crippen LogP contribution >= 0.6 is 23.1 Å². The summed E-state index contributed by atoms with van der Waals surface area (Å²) in [6.45, 7) is 0. The summed E-state index contributed by atoms with van der Waals surface area (Å²) in [5.74, 6) is 0.712. The average Bonchev–Trinajstić information content (AvgIpc) is 3.02. The van der Waals surface area contributed by atoms with Crippen LogP contribution in [-0.2, 0) is 4.79 Å². The Morgan fingerprint density at radius 3 is 2.82 bits per heavy atom. The highest BCUT2D eigenvalue weighted by Gasteiger charge is 2.13. The molecule has 0 aliphatic rings. The predicted molar refractivity (Wildman–Crippen MR) is 92.4 cm³/mol. The molecule has 7 heteroatoms. The van der Waals surface area contributed by atoms with Crippen molar-refractivity contribution in [1.82, 2.24) is 9.97 Å². The fourth-order valence-corrected chi connectivity index (χ4v) is 3.54. The molecule has 1 aromatic carbocycles. The van der Waals surface area contributed by atoms with E-state index < -0.39 is 0 Å². The van der Waals surface area contributed by atoms with E-state index in [2.05, 4.69) is 9.97 Å². The first kappa shape index (κ1) is 14.8. The molecular weight excluding hydrogens is 316 g/mol. The normalized spacial score (nSPS) is 10.8. The molecule has 0 unspecified atom stereocenters. The lowest BCUT2D eigenvalue weighted by Gasteiger charge is -2.16. The van der Waals surface area contributed by atoms with Crippen molar-refractivity contribution in [2.75, 3.05) is 23.4 Å². The molecule has 3 rings (SSSR count). The molecule has 112 valence electrons. The zero-order valence-electron chi connectivity index (χ0n) is 11.9.